The maximum atomic E-state index is 2.46. The SMILES string of the molecule is Cc1ccccc1N(c1ccccc1)c1ccc2c(-c3ccccc3)c3c(c(-c4ccccc4)c2c1)-c1c-3c(-c2ccccc2)c2cc(N(c3ccccc3)c3ccccc3C)ccc2c1-c1ccccc1. The smallest absolute Gasteiger partial charge is 0.0490 e. The molecule has 1 aliphatic carbocycles. The van der Waals surface area contributed by atoms with E-state index >= 15 is 0 Å². The van der Waals surface area contributed by atoms with Crippen molar-refractivity contribution in [3.63, 3.8) is 0 Å². The number of anilines is 6. The van der Waals surface area contributed by atoms with Gasteiger partial charge in [0.05, 0.1) is 0 Å². The minimum Gasteiger partial charge on any atom is -0.310 e. The van der Waals surface area contributed by atoms with Gasteiger partial charge in [0.15, 0.2) is 0 Å². The maximum Gasteiger partial charge on any atom is 0.0490 e. The summed E-state index contributed by atoms with van der Waals surface area (Å²) >= 11 is 0. The van der Waals surface area contributed by atoms with Gasteiger partial charge in [0.1, 0.15) is 0 Å². The Bertz CT molecular complexity index is 3690. The Labute approximate surface area is 422 Å². The first-order valence-electron chi connectivity index (χ1n) is 24.9. The maximum absolute atomic E-state index is 2.46. The van der Waals surface area contributed by atoms with Crippen molar-refractivity contribution in [3.05, 3.63) is 278 Å². The molecule has 0 unspecified atom stereocenters. The third kappa shape index (κ3) is 7.10. The predicted molar refractivity (Wildman–Crippen MR) is 306 cm³/mol. The molecule has 340 valence electrons. The van der Waals surface area contributed by atoms with Crippen LogP contribution in [0.4, 0.5) is 34.1 Å². The lowest BCUT2D eigenvalue weighted by Gasteiger charge is -2.38. The third-order valence-electron chi connectivity index (χ3n) is 14.6. The van der Waals surface area contributed by atoms with Gasteiger partial charge < -0.3 is 9.80 Å². The molecule has 0 aliphatic heterocycles. The number of benzene rings is 12. The second-order valence-corrected chi connectivity index (χ2v) is 18.8. The van der Waals surface area contributed by atoms with E-state index in [4.69, 9.17) is 0 Å². The number of aryl methyl sites for hydroxylation is 2. The Morgan fingerprint density at radius 2 is 0.472 bits per heavy atom. The van der Waals surface area contributed by atoms with Crippen molar-refractivity contribution >= 4 is 55.7 Å². The molecule has 0 saturated carbocycles. The molecule has 0 atom stereocenters. The Balaban J connectivity index is 1.19. The molecule has 0 spiro atoms. The zero-order valence-corrected chi connectivity index (χ0v) is 40.3. The number of rotatable bonds is 10. The number of hydrogen-bond donors (Lipinski definition) is 0. The Hall–Kier alpha value is -9.24. The fraction of sp³-hybridized carbons (Fsp3) is 0.0286. The number of nitrogens with zero attached hydrogens (tertiary/aromatic N) is 2. The molecular formula is C70H50N2. The van der Waals surface area contributed by atoms with E-state index in [2.05, 4.69) is 291 Å². The second kappa shape index (κ2) is 17.9. The molecule has 0 heterocycles. The van der Waals surface area contributed by atoms with E-state index < -0.39 is 0 Å². The number of para-hydroxylation sites is 4. The van der Waals surface area contributed by atoms with Gasteiger partial charge in [-0.3, -0.25) is 0 Å². The highest BCUT2D eigenvalue weighted by molar-refractivity contribution is 6.33. The zero-order valence-electron chi connectivity index (χ0n) is 40.3. The van der Waals surface area contributed by atoms with Crippen LogP contribution < -0.4 is 9.80 Å². The van der Waals surface area contributed by atoms with Crippen LogP contribution in [0.2, 0.25) is 0 Å². The van der Waals surface area contributed by atoms with Crippen LogP contribution in [0.1, 0.15) is 11.1 Å². The normalized spacial score (nSPS) is 11.5. The van der Waals surface area contributed by atoms with Crippen molar-refractivity contribution < 1.29 is 0 Å². The molecule has 72 heavy (non-hydrogen) atoms. The summed E-state index contributed by atoms with van der Waals surface area (Å²) in [5, 5.41) is 4.86. The Morgan fingerprint density at radius 3 is 0.778 bits per heavy atom. The predicted octanol–water partition coefficient (Wildman–Crippen LogP) is 19.9. The second-order valence-electron chi connectivity index (χ2n) is 18.8. The molecule has 2 nitrogen and oxygen atoms in total. The highest BCUT2D eigenvalue weighted by atomic mass is 15.1. The van der Waals surface area contributed by atoms with Crippen molar-refractivity contribution in [1.82, 2.24) is 0 Å². The summed E-state index contributed by atoms with van der Waals surface area (Å²) in [7, 11) is 0. The van der Waals surface area contributed by atoms with E-state index in [1.807, 2.05) is 0 Å². The van der Waals surface area contributed by atoms with Gasteiger partial charge in [-0.05, 0) is 174 Å². The van der Waals surface area contributed by atoms with Crippen molar-refractivity contribution in [2.45, 2.75) is 13.8 Å². The van der Waals surface area contributed by atoms with Crippen molar-refractivity contribution in [1.29, 1.82) is 0 Å². The molecule has 0 saturated heterocycles. The molecule has 12 aromatic carbocycles. The Kier molecular flexibility index (Phi) is 10.7. The first-order valence-corrected chi connectivity index (χ1v) is 24.9. The highest BCUT2D eigenvalue weighted by Gasteiger charge is 2.39. The topological polar surface area (TPSA) is 6.48 Å². The van der Waals surface area contributed by atoms with Gasteiger partial charge >= 0.3 is 0 Å². The lowest BCUT2D eigenvalue weighted by molar-refractivity contribution is 1.25. The fourth-order valence-corrected chi connectivity index (χ4v) is 11.4. The van der Waals surface area contributed by atoms with E-state index in [0.29, 0.717) is 0 Å². The van der Waals surface area contributed by atoms with Crippen LogP contribution in [0.3, 0.4) is 0 Å². The van der Waals surface area contributed by atoms with Crippen LogP contribution in [-0.2, 0) is 0 Å². The van der Waals surface area contributed by atoms with Gasteiger partial charge in [-0.1, -0.05) is 206 Å². The molecule has 13 rings (SSSR count). The summed E-state index contributed by atoms with van der Waals surface area (Å²) in [6, 6.07) is 97.8. The number of hydrogen-bond acceptors (Lipinski definition) is 2. The average Bonchev–Trinajstić information content (AvgIpc) is 3.44. The van der Waals surface area contributed by atoms with Gasteiger partial charge in [-0.25, -0.2) is 0 Å². The van der Waals surface area contributed by atoms with Crippen molar-refractivity contribution in [2.75, 3.05) is 9.80 Å². The Morgan fingerprint density at radius 1 is 0.208 bits per heavy atom. The highest BCUT2D eigenvalue weighted by Crippen LogP contribution is 2.66. The first-order chi connectivity index (χ1) is 35.6. The molecule has 0 bridgehead atoms. The third-order valence-corrected chi connectivity index (χ3v) is 14.6. The summed E-state index contributed by atoms with van der Waals surface area (Å²) < 4.78 is 0. The fourth-order valence-electron chi connectivity index (χ4n) is 11.4. The van der Waals surface area contributed by atoms with Gasteiger partial charge in [0.25, 0.3) is 0 Å². The standard InChI is InChI=1S/C70H50N2/c1-47-25-21-23-39-61(47)71(53-35-17-7-18-36-53)55-41-43-57-59(45-55)65(51-31-13-5-14-32-51)69-67(63(57)49-27-9-3-10-28-49)70-66(52-33-15-6-16-34-52)60-46-56(42-44-58(60)64(68(69)70)50-29-11-4-12-30-50)72(54-37-19-8-20-38-54)62-40-24-22-26-48(62)2/h3-46H,1-2H3. The monoisotopic (exact) mass is 918 g/mol. The van der Waals surface area contributed by atoms with Crippen LogP contribution in [0, 0.1) is 13.8 Å². The van der Waals surface area contributed by atoms with Crippen LogP contribution >= 0.6 is 0 Å². The van der Waals surface area contributed by atoms with E-state index in [0.717, 1.165) is 34.1 Å². The number of fused-ring (bicyclic) bond motifs is 6. The van der Waals surface area contributed by atoms with Gasteiger partial charge in [0, 0.05) is 34.1 Å². The van der Waals surface area contributed by atoms with E-state index in [-0.39, 0.29) is 0 Å². The minimum atomic E-state index is 1.11. The van der Waals surface area contributed by atoms with E-state index in [1.165, 1.54) is 99.4 Å². The summed E-state index contributed by atoms with van der Waals surface area (Å²) in [5.74, 6) is 0. The minimum absolute atomic E-state index is 1.11. The van der Waals surface area contributed by atoms with Gasteiger partial charge in [-0.15, -0.1) is 0 Å². The zero-order chi connectivity index (χ0) is 48.1. The molecule has 1 aliphatic rings. The molecule has 0 fully saturated rings. The lowest BCUT2D eigenvalue weighted by Crippen LogP contribution is -2.13. The van der Waals surface area contributed by atoms with Crippen molar-refractivity contribution in [2.24, 2.45) is 0 Å². The summed E-state index contributed by atoms with van der Waals surface area (Å²) in [5.41, 5.74) is 24.1. The molecule has 12 aromatic rings. The van der Waals surface area contributed by atoms with Crippen LogP contribution in [-0.4, -0.2) is 0 Å². The quantitative estimate of drug-likeness (QED) is 0.135. The van der Waals surface area contributed by atoms with Gasteiger partial charge in [-0.2, -0.15) is 0 Å². The van der Waals surface area contributed by atoms with E-state index in [1.54, 1.807) is 0 Å². The molecule has 0 N–H and O–H groups in total. The van der Waals surface area contributed by atoms with E-state index in [9.17, 15) is 0 Å². The molecule has 2 heteroatoms. The molecule has 0 radical (unpaired) electrons. The first kappa shape index (κ1) is 42.8. The molecular weight excluding hydrogens is 869 g/mol. The molecule has 0 amide bonds. The lowest BCUT2D eigenvalue weighted by atomic mass is 9.65. The van der Waals surface area contributed by atoms with Crippen LogP contribution in [0.15, 0.2) is 267 Å². The van der Waals surface area contributed by atoms with Crippen LogP contribution in [0.25, 0.3) is 88.3 Å². The molecule has 0 aromatic heterocycles. The summed E-state index contributed by atoms with van der Waals surface area (Å²) in [4.78, 5) is 4.84. The summed E-state index contributed by atoms with van der Waals surface area (Å²) in [6.45, 7) is 4.42. The average molecular weight is 919 g/mol. The van der Waals surface area contributed by atoms with Gasteiger partial charge in [0.2, 0.25) is 0 Å². The largest absolute Gasteiger partial charge is 0.310 e. The van der Waals surface area contributed by atoms with Crippen LogP contribution in [0.5, 0.6) is 0 Å². The summed E-state index contributed by atoms with van der Waals surface area (Å²) in [6.07, 6.45) is 0. The van der Waals surface area contributed by atoms with Crippen molar-refractivity contribution in [3.8, 4) is 66.8 Å².